The third-order valence-corrected chi connectivity index (χ3v) is 4.99. The van der Waals surface area contributed by atoms with Gasteiger partial charge in [0.25, 0.3) is 0 Å². The molecule has 0 saturated heterocycles. The number of benzene rings is 2. The fourth-order valence-corrected chi connectivity index (χ4v) is 3.27. The minimum absolute atomic E-state index is 0.0571. The van der Waals surface area contributed by atoms with E-state index in [9.17, 15) is 4.39 Å². The molecule has 0 heterocycles. The molecule has 2 aromatic carbocycles. The van der Waals surface area contributed by atoms with Gasteiger partial charge in [0.2, 0.25) is 0 Å². The van der Waals surface area contributed by atoms with Crippen molar-refractivity contribution >= 4 is 11.6 Å². The van der Waals surface area contributed by atoms with Crippen LogP contribution < -0.4 is 20.5 Å². The van der Waals surface area contributed by atoms with Crippen molar-refractivity contribution in [3.8, 4) is 11.5 Å². The zero-order chi connectivity index (χ0) is 18.6. The molecule has 0 spiro atoms. The van der Waals surface area contributed by atoms with E-state index in [1.54, 1.807) is 26.4 Å². The van der Waals surface area contributed by atoms with E-state index in [4.69, 9.17) is 15.2 Å². The van der Waals surface area contributed by atoms with E-state index in [2.05, 4.69) is 10.3 Å². The minimum atomic E-state index is -0.224. The standard InChI is InChI=1S/C20H24FN3O2/c1-25-16-8-9-18(26-2)17(12-16)24-19(22)23-13-20(10-3-11-20)14-4-6-15(21)7-5-14/h4-9,12H,3,10-11,13H2,1-2H3,(H3,22,23,24). The van der Waals surface area contributed by atoms with Gasteiger partial charge in [-0.3, -0.25) is 4.99 Å². The molecule has 2 aromatic rings. The van der Waals surface area contributed by atoms with E-state index in [-0.39, 0.29) is 11.2 Å². The summed E-state index contributed by atoms with van der Waals surface area (Å²) in [5.74, 6) is 1.44. The van der Waals surface area contributed by atoms with Gasteiger partial charge < -0.3 is 20.5 Å². The second kappa shape index (κ2) is 7.64. The Morgan fingerprint density at radius 1 is 1.15 bits per heavy atom. The van der Waals surface area contributed by atoms with Crippen molar-refractivity contribution in [1.82, 2.24) is 0 Å². The maximum atomic E-state index is 13.2. The molecule has 0 bridgehead atoms. The molecule has 1 aliphatic carbocycles. The van der Waals surface area contributed by atoms with Crippen LogP contribution >= 0.6 is 0 Å². The highest BCUT2D eigenvalue weighted by molar-refractivity contribution is 5.94. The number of guanidine groups is 1. The second-order valence-electron chi connectivity index (χ2n) is 6.53. The number of hydrogen-bond donors (Lipinski definition) is 2. The van der Waals surface area contributed by atoms with Crippen molar-refractivity contribution in [2.75, 3.05) is 26.1 Å². The first kappa shape index (κ1) is 18.0. The minimum Gasteiger partial charge on any atom is -0.497 e. The highest BCUT2D eigenvalue weighted by atomic mass is 19.1. The van der Waals surface area contributed by atoms with Gasteiger partial charge in [0.15, 0.2) is 5.96 Å². The van der Waals surface area contributed by atoms with Crippen LogP contribution in [0.3, 0.4) is 0 Å². The number of nitrogens with two attached hydrogens (primary N) is 1. The third kappa shape index (κ3) is 3.74. The summed E-state index contributed by atoms with van der Waals surface area (Å²) in [5.41, 5.74) is 7.84. The molecule has 3 rings (SSSR count). The lowest BCUT2D eigenvalue weighted by molar-refractivity contribution is 0.253. The van der Waals surface area contributed by atoms with E-state index in [1.165, 1.54) is 12.1 Å². The average Bonchev–Trinajstić information content (AvgIpc) is 2.62. The van der Waals surface area contributed by atoms with Gasteiger partial charge in [-0.05, 0) is 42.7 Å². The summed E-state index contributed by atoms with van der Waals surface area (Å²) >= 11 is 0. The lowest BCUT2D eigenvalue weighted by Crippen LogP contribution is -2.38. The predicted molar refractivity (Wildman–Crippen MR) is 102 cm³/mol. The predicted octanol–water partition coefficient (Wildman–Crippen LogP) is 3.69. The Hall–Kier alpha value is -2.76. The number of methoxy groups -OCH3 is 2. The lowest BCUT2D eigenvalue weighted by atomic mass is 9.64. The highest BCUT2D eigenvalue weighted by Gasteiger charge is 2.38. The van der Waals surface area contributed by atoms with E-state index in [0.717, 1.165) is 24.8 Å². The van der Waals surface area contributed by atoms with Crippen molar-refractivity contribution in [2.45, 2.75) is 24.7 Å². The van der Waals surface area contributed by atoms with Gasteiger partial charge in [-0.1, -0.05) is 18.6 Å². The van der Waals surface area contributed by atoms with Crippen LogP contribution in [0.5, 0.6) is 11.5 Å². The zero-order valence-corrected chi connectivity index (χ0v) is 15.1. The van der Waals surface area contributed by atoms with Gasteiger partial charge in [-0.25, -0.2) is 4.39 Å². The summed E-state index contributed by atoms with van der Waals surface area (Å²) in [6.45, 7) is 0.559. The summed E-state index contributed by atoms with van der Waals surface area (Å²) in [6, 6.07) is 12.1. The summed E-state index contributed by atoms with van der Waals surface area (Å²) in [7, 11) is 3.20. The number of aliphatic imine (C=N–C) groups is 1. The van der Waals surface area contributed by atoms with Crippen molar-refractivity contribution in [3.63, 3.8) is 0 Å². The molecular weight excluding hydrogens is 333 g/mol. The monoisotopic (exact) mass is 357 g/mol. The molecule has 0 aliphatic heterocycles. The molecule has 0 radical (unpaired) electrons. The van der Waals surface area contributed by atoms with Crippen molar-refractivity contribution in [1.29, 1.82) is 0 Å². The Morgan fingerprint density at radius 2 is 1.88 bits per heavy atom. The van der Waals surface area contributed by atoms with Gasteiger partial charge in [0.05, 0.1) is 26.5 Å². The Morgan fingerprint density at radius 3 is 2.46 bits per heavy atom. The molecule has 0 atom stereocenters. The molecule has 1 saturated carbocycles. The molecular formula is C20H24FN3O2. The molecule has 26 heavy (non-hydrogen) atoms. The first-order chi connectivity index (χ1) is 12.6. The summed E-state index contributed by atoms with van der Waals surface area (Å²) < 4.78 is 23.8. The SMILES string of the molecule is COc1ccc(OC)c(NC(N)=NCC2(c3ccc(F)cc3)CCC2)c1. The molecule has 3 N–H and O–H groups in total. The average molecular weight is 357 g/mol. The van der Waals surface area contributed by atoms with Crippen LogP contribution in [0.4, 0.5) is 10.1 Å². The number of nitrogens with one attached hydrogen (secondary N) is 1. The topological polar surface area (TPSA) is 68.9 Å². The first-order valence-corrected chi connectivity index (χ1v) is 8.61. The van der Waals surface area contributed by atoms with Crippen LogP contribution in [-0.4, -0.2) is 26.7 Å². The lowest BCUT2D eigenvalue weighted by Gasteiger charge is -2.41. The number of anilines is 1. The van der Waals surface area contributed by atoms with Crippen LogP contribution in [0.2, 0.25) is 0 Å². The van der Waals surface area contributed by atoms with Gasteiger partial charge in [0.1, 0.15) is 17.3 Å². The van der Waals surface area contributed by atoms with Gasteiger partial charge >= 0.3 is 0 Å². The molecule has 1 aliphatic rings. The smallest absolute Gasteiger partial charge is 0.193 e. The fourth-order valence-electron chi connectivity index (χ4n) is 3.27. The first-order valence-electron chi connectivity index (χ1n) is 8.61. The van der Waals surface area contributed by atoms with Crippen LogP contribution in [0.25, 0.3) is 0 Å². The molecule has 1 fully saturated rings. The quantitative estimate of drug-likeness (QED) is 0.611. The zero-order valence-electron chi connectivity index (χ0n) is 15.1. The molecule has 0 amide bonds. The maximum Gasteiger partial charge on any atom is 0.193 e. The van der Waals surface area contributed by atoms with Crippen molar-refractivity contribution < 1.29 is 13.9 Å². The van der Waals surface area contributed by atoms with E-state index in [0.29, 0.717) is 29.7 Å². The Labute approximate surface area is 153 Å². The summed E-state index contributed by atoms with van der Waals surface area (Å²) in [5, 5.41) is 3.08. The van der Waals surface area contributed by atoms with Crippen molar-refractivity contribution in [2.24, 2.45) is 10.7 Å². The number of halogens is 1. The molecule has 0 unspecified atom stereocenters. The Bertz CT molecular complexity index is 786. The van der Waals surface area contributed by atoms with Crippen LogP contribution in [0.15, 0.2) is 47.5 Å². The van der Waals surface area contributed by atoms with Gasteiger partial charge in [-0.2, -0.15) is 0 Å². The second-order valence-corrected chi connectivity index (χ2v) is 6.53. The molecule has 6 heteroatoms. The van der Waals surface area contributed by atoms with Crippen LogP contribution in [0.1, 0.15) is 24.8 Å². The normalized spacial score (nSPS) is 15.9. The van der Waals surface area contributed by atoms with Gasteiger partial charge in [-0.15, -0.1) is 0 Å². The van der Waals surface area contributed by atoms with Crippen LogP contribution in [-0.2, 0) is 5.41 Å². The number of nitrogens with zero attached hydrogens (tertiary/aromatic N) is 1. The van der Waals surface area contributed by atoms with Gasteiger partial charge in [0, 0.05) is 11.5 Å². The number of ether oxygens (including phenoxy) is 2. The number of hydrogen-bond acceptors (Lipinski definition) is 3. The van der Waals surface area contributed by atoms with Crippen LogP contribution in [0, 0.1) is 5.82 Å². The molecule has 5 nitrogen and oxygen atoms in total. The Balaban J connectivity index is 1.74. The summed E-state index contributed by atoms with van der Waals surface area (Å²) in [6.07, 6.45) is 3.19. The molecule has 138 valence electrons. The Kier molecular flexibility index (Phi) is 5.30. The largest absolute Gasteiger partial charge is 0.497 e. The van der Waals surface area contributed by atoms with E-state index in [1.807, 2.05) is 18.2 Å². The van der Waals surface area contributed by atoms with E-state index >= 15 is 0 Å². The maximum absolute atomic E-state index is 13.2. The van der Waals surface area contributed by atoms with E-state index < -0.39 is 0 Å². The summed E-state index contributed by atoms with van der Waals surface area (Å²) in [4.78, 5) is 4.54. The molecule has 0 aromatic heterocycles. The highest BCUT2D eigenvalue weighted by Crippen LogP contribution is 2.44. The fraction of sp³-hybridized carbons (Fsp3) is 0.350. The van der Waals surface area contributed by atoms with Crippen molar-refractivity contribution in [3.05, 3.63) is 53.8 Å². The number of rotatable bonds is 6. The third-order valence-electron chi connectivity index (χ3n) is 4.99.